The summed E-state index contributed by atoms with van der Waals surface area (Å²) in [6.45, 7) is 8.43. The molecule has 23 heavy (non-hydrogen) atoms. The Morgan fingerprint density at radius 1 is 1.35 bits per heavy atom. The lowest BCUT2D eigenvalue weighted by molar-refractivity contribution is 0.00682. The van der Waals surface area contributed by atoms with E-state index in [-0.39, 0.29) is 6.04 Å². The number of hydrogen-bond donors (Lipinski definition) is 0. The standard InChI is InChI=1S/C16H24N4O2S/c1-12(16-18-17-13(2)22-16)19(3)11-14(15-5-4-10-23-15)20-6-8-21-9-7-20/h4-5,10,12,14H,6-9,11H2,1-3H3/t12-,14-/m0/s1. The van der Waals surface area contributed by atoms with Gasteiger partial charge in [-0.1, -0.05) is 6.07 Å². The molecule has 0 unspecified atom stereocenters. The number of thiophene rings is 1. The number of aromatic nitrogens is 2. The second-order valence-electron chi connectivity index (χ2n) is 5.95. The second kappa shape index (κ2) is 7.53. The smallest absolute Gasteiger partial charge is 0.233 e. The Kier molecular flexibility index (Phi) is 5.42. The molecule has 1 saturated heterocycles. The largest absolute Gasteiger partial charge is 0.424 e. The van der Waals surface area contributed by atoms with Crippen LogP contribution in [0.25, 0.3) is 0 Å². The zero-order valence-corrected chi connectivity index (χ0v) is 14.8. The third-order valence-corrected chi connectivity index (χ3v) is 5.35. The molecule has 3 heterocycles. The number of hydrogen-bond acceptors (Lipinski definition) is 7. The van der Waals surface area contributed by atoms with Gasteiger partial charge < -0.3 is 9.15 Å². The monoisotopic (exact) mass is 336 g/mol. The van der Waals surface area contributed by atoms with Crippen molar-refractivity contribution in [2.75, 3.05) is 39.9 Å². The van der Waals surface area contributed by atoms with Crippen LogP contribution >= 0.6 is 11.3 Å². The van der Waals surface area contributed by atoms with Gasteiger partial charge in [0.15, 0.2) is 0 Å². The van der Waals surface area contributed by atoms with Crippen LogP contribution in [0.3, 0.4) is 0 Å². The number of morpholine rings is 1. The van der Waals surface area contributed by atoms with E-state index < -0.39 is 0 Å². The molecule has 0 saturated carbocycles. The van der Waals surface area contributed by atoms with Gasteiger partial charge in [-0.3, -0.25) is 9.80 Å². The lowest BCUT2D eigenvalue weighted by atomic mass is 10.1. The normalized spacial score (nSPS) is 19.1. The van der Waals surface area contributed by atoms with Crippen molar-refractivity contribution in [3.63, 3.8) is 0 Å². The molecule has 2 atom stereocenters. The fourth-order valence-corrected chi connectivity index (χ4v) is 3.71. The maximum absolute atomic E-state index is 5.59. The predicted molar refractivity (Wildman–Crippen MR) is 89.5 cm³/mol. The summed E-state index contributed by atoms with van der Waals surface area (Å²) in [4.78, 5) is 6.19. The van der Waals surface area contributed by atoms with E-state index in [1.807, 2.05) is 18.3 Å². The van der Waals surface area contributed by atoms with E-state index in [2.05, 4.69) is 51.5 Å². The molecule has 1 aliphatic rings. The Labute approximate surface area is 141 Å². The quantitative estimate of drug-likeness (QED) is 0.808. The van der Waals surface area contributed by atoms with Crippen molar-refractivity contribution in [2.45, 2.75) is 25.9 Å². The van der Waals surface area contributed by atoms with Gasteiger partial charge in [0.05, 0.1) is 25.3 Å². The van der Waals surface area contributed by atoms with E-state index >= 15 is 0 Å². The van der Waals surface area contributed by atoms with Crippen LogP contribution < -0.4 is 0 Å². The maximum atomic E-state index is 5.59. The van der Waals surface area contributed by atoms with Crippen molar-refractivity contribution >= 4 is 11.3 Å². The molecule has 0 radical (unpaired) electrons. The summed E-state index contributed by atoms with van der Waals surface area (Å²) in [5.74, 6) is 1.29. The first-order valence-corrected chi connectivity index (χ1v) is 8.88. The van der Waals surface area contributed by atoms with Crippen molar-refractivity contribution in [3.05, 3.63) is 34.2 Å². The Bertz CT molecular complexity index is 595. The van der Waals surface area contributed by atoms with E-state index in [0.29, 0.717) is 17.8 Å². The first kappa shape index (κ1) is 16.6. The molecule has 0 bridgehead atoms. The zero-order valence-electron chi connectivity index (χ0n) is 13.9. The number of aryl methyl sites for hydroxylation is 1. The van der Waals surface area contributed by atoms with Gasteiger partial charge in [-0.2, -0.15) is 0 Å². The van der Waals surface area contributed by atoms with E-state index in [1.165, 1.54) is 4.88 Å². The van der Waals surface area contributed by atoms with E-state index in [0.717, 1.165) is 32.8 Å². The number of likely N-dealkylation sites (N-methyl/N-ethyl adjacent to an activating group) is 1. The SMILES string of the molecule is Cc1nnc([C@H](C)N(C)C[C@@H](c2cccs2)N2CCOCC2)o1. The summed E-state index contributed by atoms with van der Waals surface area (Å²) < 4.78 is 11.1. The summed E-state index contributed by atoms with van der Waals surface area (Å²) in [6, 6.07) is 4.81. The summed E-state index contributed by atoms with van der Waals surface area (Å²) in [7, 11) is 2.12. The van der Waals surface area contributed by atoms with E-state index in [1.54, 1.807) is 0 Å². The first-order valence-electron chi connectivity index (χ1n) is 8.00. The Morgan fingerprint density at radius 3 is 2.74 bits per heavy atom. The minimum absolute atomic E-state index is 0.0969. The highest BCUT2D eigenvalue weighted by atomic mass is 32.1. The number of rotatable bonds is 6. The molecular weight excluding hydrogens is 312 g/mol. The van der Waals surface area contributed by atoms with Crippen LogP contribution in [0.2, 0.25) is 0 Å². The topological polar surface area (TPSA) is 54.6 Å². The molecule has 7 heteroatoms. The van der Waals surface area contributed by atoms with Crippen LogP contribution in [-0.4, -0.2) is 59.9 Å². The molecule has 3 rings (SSSR count). The molecule has 0 amide bonds. The van der Waals surface area contributed by atoms with Crippen LogP contribution in [0.15, 0.2) is 21.9 Å². The van der Waals surface area contributed by atoms with E-state index in [4.69, 9.17) is 9.15 Å². The Morgan fingerprint density at radius 2 is 2.13 bits per heavy atom. The highest BCUT2D eigenvalue weighted by Crippen LogP contribution is 2.29. The van der Waals surface area contributed by atoms with Crippen molar-refractivity contribution in [1.29, 1.82) is 0 Å². The van der Waals surface area contributed by atoms with Crippen LogP contribution in [0.5, 0.6) is 0 Å². The predicted octanol–water partition coefficient (Wildman–Crippen LogP) is 2.51. The molecule has 6 nitrogen and oxygen atoms in total. The molecule has 2 aromatic rings. The van der Waals surface area contributed by atoms with Crippen molar-refractivity contribution in [1.82, 2.24) is 20.0 Å². The zero-order chi connectivity index (χ0) is 16.2. The molecule has 1 fully saturated rings. The van der Waals surface area contributed by atoms with Gasteiger partial charge in [0.2, 0.25) is 11.8 Å². The molecule has 0 N–H and O–H groups in total. The van der Waals surface area contributed by atoms with Crippen molar-refractivity contribution in [3.8, 4) is 0 Å². The van der Waals surface area contributed by atoms with Gasteiger partial charge in [-0.25, -0.2) is 0 Å². The van der Waals surface area contributed by atoms with Gasteiger partial charge >= 0.3 is 0 Å². The molecular formula is C16H24N4O2S. The maximum Gasteiger partial charge on any atom is 0.233 e. The fraction of sp³-hybridized carbons (Fsp3) is 0.625. The van der Waals surface area contributed by atoms with E-state index in [9.17, 15) is 0 Å². The first-order chi connectivity index (χ1) is 11.1. The van der Waals surface area contributed by atoms with Gasteiger partial charge in [-0.05, 0) is 25.4 Å². The minimum atomic E-state index is 0.0969. The van der Waals surface area contributed by atoms with Gasteiger partial charge in [0, 0.05) is 31.4 Å². The van der Waals surface area contributed by atoms with Crippen LogP contribution in [-0.2, 0) is 4.74 Å². The third kappa shape index (κ3) is 3.98. The van der Waals surface area contributed by atoms with Crippen LogP contribution in [0.1, 0.15) is 35.7 Å². The van der Waals surface area contributed by atoms with Gasteiger partial charge in [-0.15, -0.1) is 21.5 Å². The highest BCUT2D eigenvalue weighted by molar-refractivity contribution is 7.10. The minimum Gasteiger partial charge on any atom is -0.424 e. The molecule has 0 aromatic carbocycles. The average molecular weight is 336 g/mol. The van der Waals surface area contributed by atoms with Gasteiger partial charge in [0.1, 0.15) is 0 Å². The lowest BCUT2D eigenvalue weighted by Crippen LogP contribution is -2.43. The summed E-state index contributed by atoms with van der Waals surface area (Å²) in [6.07, 6.45) is 0. The summed E-state index contributed by atoms with van der Waals surface area (Å²) >= 11 is 1.82. The fourth-order valence-electron chi connectivity index (χ4n) is 2.86. The molecule has 126 valence electrons. The third-order valence-electron chi connectivity index (χ3n) is 4.38. The molecule has 1 aliphatic heterocycles. The van der Waals surface area contributed by atoms with Crippen molar-refractivity contribution in [2.24, 2.45) is 0 Å². The molecule has 0 aliphatic carbocycles. The summed E-state index contributed by atoms with van der Waals surface area (Å²) in [5, 5.41) is 10.2. The number of nitrogens with zero attached hydrogens (tertiary/aromatic N) is 4. The van der Waals surface area contributed by atoms with Gasteiger partial charge in [0.25, 0.3) is 0 Å². The number of ether oxygens (including phenoxy) is 1. The van der Waals surface area contributed by atoms with Crippen LogP contribution in [0.4, 0.5) is 0 Å². The lowest BCUT2D eigenvalue weighted by Gasteiger charge is -2.37. The molecule has 0 spiro atoms. The van der Waals surface area contributed by atoms with Crippen LogP contribution in [0, 0.1) is 6.92 Å². The highest BCUT2D eigenvalue weighted by Gasteiger charge is 2.27. The van der Waals surface area contributed by atoms with Crippen molar-refractivity contribution < 1.29 is 9.15 Å². The Hall–Kier alpha value is -1.28. The molecule has 2 aromatic heterocycles. The second-order valence-corrected chi connectivity index (χ2v) is 6.93. The summed E-state index contributed by atoms with van der Waals surface area (Å²) in [5.41, 5.74) is 0. The average Bonchev–Trinajstić information content (AvgIpc) is 3.24. The Balaban J connectivity index is 1.72.